The van der Waals surface area contributed by atoms with E-state index in [9.17, 15) is 22.0 Å². The molecule has 0 spiro atoms. The van der Waals surface area contributed by atoms with E-state index in [0.717, 1.165) is 23.5 Å². The van der Waals surface area contributed by atoms with Crippen molar-refractivity contribution in [3.05, 3.63) is 71.0 Å². The summed E-state index contributed by atoms with van der Waals surface area (Å²) in [7, 11) is 1.34. The Morgan fingerprint density at radius 1 is 0.750 bits per heavy atom. The number of ether oxygens (including phenoxy) is 2. The molecule has 0 radical (unpaired) electrons. The van der Waals surface area contributed by atoms with Gasteiger partial charge in [-0.25, -0.2) is 22.0 Å². The maximum atomic E-state index is 14.9. The molecule has 0 N–H and O–H groups in total. The SMILES string of the molecule is COc1ccc2c(sc3c(F)c(OCc4cc(F)c(F)c(F)c4)ccc32)c1F. The van der Waals surface area contributed by atoms with Crippen LogP contribution in [0, 0.1) is 29.1 Å². The lowest BCUT2D eigenvalue weighted by atomic mass is 10.1. The summed E-state index contributed by atoms with van der Waals surface area (Å²) in [5.74, 6) is -5.72. The van der Waals surface area contributed by atoms with E-state index in [-0.39, 0.29) is 33.1 Å². The molecular weight excluding hydrogens is 399 g/mol. The fourth-order valence-corrected chi connectivity index (χ4v) is 4.08. The second-order valence-corrected chi connectivity index (χ2v) is 7.00. The van der Waals surface area contributed by atoms with Crippen LogP contribution in [0.15, 0.2) is 36.4 Å². The molecule has 4 rings (SSSR count). The third kappa shape index (κ3) is 2.93. The Morgan fingerprint density at radius 2 is 1.29 bits per heavy atom. The molecule has 4 aromatic rings. The molecule has 0 saturated carbocycles. The van der Waals surface area contributed by atoms with E-state index < -0.39 is 29.1 Å². The molecule has 2 nitrogen and oxygen atoms in total. The van der Waals surface area contributed by atoms with E-state index in [1.807, 2.05) is 0 Å². The molecule has 0 unspecified atom stereocenters. The van der Waals surface area contributed by atoms with Gasteiger partial charge < -0.3 is 9.47 Å². The van der Waals surface area contributed by atoms with Gasteiger partial charge in [-0.3, -0.25) is 0 Å². The van der Waals surface area contributed by atoms with Crippen LogP contribution in [0.2, 0.25) is 0 Å². The number of methoxy groups -OCH3 is 1. The predicted octanol–water partition coefficient (Wildman–Crippen LogP) is 6.34. The van der Waals surface area contributed by atoms with Gasteiger partial charge in [0.1, 0.15) is 6.61 Å². The van der Waals surface area contributed by atoms with Gasteiger partial charge in [0, 0.05) is 10.8 Å². The van der Waals surface area contributed by atoms with Gasteiger partial charge in [0.2, 0.25) is 0 Å². The summed E-state index contributed by atoms with van der Waals surface area (Å²) in [6.45, 7) is -0.371. The lowest BCUT2D eigenvalue weighted by Crippen LogP contribution is -2.01. The Morgan fingerprint density at radius 3 is 1.86 bits per heavy atom. The molecule has 0 aliphatic heterocycles. The van der Waals surface area contributed by atoms with Crippen LogP contribution in [-0.4, -0.2) is 7.11 Å². The van der Waals surface area contributed by atoms with Crippen LogP contribution in [0.4, 0.5) is 22.0 Å². The van der Waals surface area contributed by atoms with Crippen LogP contribution in [-0.2, 0) is 6.61 Å². The van der Waals surface area contributed by atoms with Crippen LogP contribution < -0.4 is 9.47 Å². The van der Waals surface area contributed by atoms with Crippen LogP contribution in [0.3, 0.4) is 0 Å². The number of fused-ring (bicyclic) bond motifs is 3. The Hall–Kier alpha value is -2.87. The lowest BCUT2D eigenvalue weighted by molar-refractivity contribution is 0.289. The summed E-state index contributed by atoms with van der Waals surface area (Å²) >= 11 is 0.908. The summed E-state index contributed by atoms with van der Waals surface area (Å²) in [6, 6.07) is 7.57. The van der Waals surface area contributed by atoms with Crippen molar-refractivity contribution in [3.8, 4) is 11.5 Å². The van der Waals surface area contributed by atoms with E-state index in [4.69, 9.17) is 9.47 Å². The largest absolute Gasteiger partial charge is 0.494 e. The number of benzene rings is 3. The lowest BCUT2D eigenvalue weighted by Gasteiger charge is -2.08. The first kappa shape index (κ1) is 18.5. The van der Waals surface area contributed by atoms with Gasteiger partial charge in [0.15, 0.2) is 40.6 Å². The zero-order valence-electron chi connectivity index (χ0n) is 14.3. The Balaban J connectivity index is 1.72. The molecule has 28 heavy (non-hydrogen) atoms. The van der Waals surface area contributed by atoms with Gasteiger partial charge in [0.05, 0.1) is 16.5 Å². The van der Waals surface area contributed by atoms with Crippen LogP contribution in [0.25, 0.3) is 20.2 Å². The van der Waals surface area contributed by atoms with Crippen molar-refractivity contribution in [2.45, 2.75) is 6.61 Å². The highest BCUT2D eigenvalue weighted by atomic mass is 32.1. The summed E-state index contributed by atoms with van der Waals surface area (Å²) in [5.41, 5.74) is 0.00279. The molecule has 0 fully saturated rings. The molecule has 0 bridgehead atoms. The summed E-state index contributed by atoms with van der Waals surface area (Å²) in [6.07, 6.45) is 0. The number of hydrogen-bond donors (Lipinski definition) is 0. The second-order valence-electron chi connectivity index (χ2n) is 5.98. The van der Waals surface area contributed by atoms with Crippen LogP contribution in [0.1, 0.15) is 5.56 Å². The minimum Gasteiger partial charge on any atom is -0.494 e. The Kier molecular flexibility index (Phi) is 4.58. The van der Waals surface area contributed by atoms with Gasteiger partial charge in [-0.1, -0.05) is 0 Å². The van der Waals surface area contributed by atoms with E-state index in [1.165, 1.54) is 19.2 Å². The molecule has 0 atom stereocenters. The molecule has 1 aromatic heterocycles. The van der Waals surface area contributed by atoms with Gasteiger partial charge in [-0.15, -0.1) is 11.3 Å². The van der Waals surface area contributed by atoms with Crippen molar-refractivity contribution in [2.75, 3.05) is 7.11 Å². The fraction of sp³-hybridized carbons (Fsp3) is 0.100. The van der Waals surface area contributed by atoms with E-state index >= 15 is 0 Å². The zero-order valence-corrected chi connectivity index (χ0v) is 15.1. The minimum atomic E-state index is -1.58. The molecule has 0 aliphatic carbocycles. The highest BCUT2D eigenvalue weighted by Gasteiger charge is 2.18. The molecular formula is C20H11F5O2S. The molecule has 0 aliphatic rings. The first-order valence-electron chi connectivity index (χ1n) is 8.04. The predicted molar refractivity (Wildman–Crippen MR) is 96.4 cm³/mol. The maximum Gasteiger partial charge on any atom is 0.194 e. The van der Waals surface area contributed by atoms with Crippen molar-refractivity contribution in [3.63, 3.8) is 0 Å². The van der Waals surface area contributed by atoms with Gasteiger partial charge in [-0.2, -0.15) is 0 Å². The number of rotatable bonds is 4. The van der Waals surface area contributed by atoms with Crippen molar-refractivity contribution >= 4 is 31.5 Å². The Labute approximate surface area is 159 Å². The molecule has 144 valence electrons. The van der Waals surface area contributed by atoms with Crippen molar-refractivity contribution < 1.29 is 31.4 Å². The smallest absolute Gasteiger partial charge is 0.194 e. The third-order valence-electron chi connectivity index (χ3n) is 4.28. The summed E-state index contributed by atoms with van der Waals surface area (Å²) in [5, 5.41) is 1.04. The van der Waals surface area contributed by atoms with Crippen molar-refractivity contribution in [1.29, 1.82) is 0 Å². The van der Waals surface area contributed by atoms with Crippen molar-refractivity contribution in [2.24, 2.45) is 0 Å². The van der Waals surface area contributed by atoms with Gasteiger partial charge in [0.25, 0.3) is 0 Å². The van der Waals surface area contributed by atoms with E-state index in [2.05, 4.69) is 0 Å². The summed E-state index contributed by atoms with van der Waals surface area (Å²) in [4.78, 5) is 0. The molecule has 0 saturated heterocycles. The highest BCUT2D eigenvalue weighted by molar-refractivity contribution is 7.25. The average Bonchev–Trinajstić information content (AvgIpc) is 3.06. The second kappa shape index (κ2) is 6.94. The average molecular weight is 410 g/mol. The van der Waals surface area contributed by atoms with E-state index in [0.29, 0.717) is 10.8 Å². The van der Waals surface area contributed by atoms with Crippen LogP contribution in [0.5, 0.6) is 11.5 Å². The summed E-state index contributed by atoms with van der Waals surface area (Å²) < 4.78 is 79.6. The van der Waals surface area contributed by atoms with Gasteiger partial charge in [-0.05, 0) is 42.0 Å². The number of halogens is 5. The molecule has 0 amide bonds. The minimum absolute atomic E-state index is 0.00279. The third-order valence-corrected chi connectivity index (χ3v) is 5.48. The Bertz CT molecular complexity index is 1200. The molecule has 1 heterocycles. The molecule has 8 heteroatoms. The standard InChI is InChI=1S/C20H11F5O2S/c1-26-14-4-2-10-11-3-5-15(18(25)20(11)28-19(10)17(14)24)27-8-9-6-12(21)16(23)13(22)7-9/h2-7H,8H2,1H3. The fourth-order valence-electron chi connectivity index (χ4n) is 2.92. The first-order valence-corrected chi connectivity index (χ1v) is 8.85. The number of thiophene rings is 1. The normalized spacial score (nSPS) is 11.4. The highest BCUT2D eigenvalue weighted by Crippen LogP contribution is 2.41. The molecule has 3 aromatic carbocycles. The monoisotopic (exact) mass is 410 g/mol. The van der Waals surface area contributed by atoms with Crippen LogP contribution >= 0.6 is 11.3 Å². The topological polar surface area (TPSA) is 18.5 Å². The first-order chi connectivity index (χ1) is 13.4. The van der Waals surface area contributed by atoms with Gasteiger partial charge >= 0.3 is 0 Å². The van der Waals surface area contributed by atoms with Crippen molar-refractivity contribution in [1.82, 2.24) is 0 Å². The zero-order chi connectivity index (χ0) is 20.0. The quantitative estimate of drug-likeness (QED) is 0.289. The number of hydrogen-bond acceptors (Lipinski definition) is 3. The maximum absolute atomic E-state index is 14.9. The van der Waals surface area contributed by atoms with E-state index in [1.54, 1.807) is 12.1 Å².